The molecule has 0 aromatic carbocycles. The van der Waals surface area contributed by atoms with Gasteiger partial charge in [0.1, 0.15) is 6.61 Å². The third-order valence-electron chi connectivity index (χ3n) is 6.29. The van der Waals surface area contributed by atoms with Crippen LogP contribution in [-0.4, -0.2) is 18.1 Å². The Balaban J connectivity index is 2.31. The molecule has 2 atom stereocenters. The Morgan fingerprint density at radius 3 is 1.73 bits per heavy atom. The van der Waals surface area contributed by atoms with Crippen LogP contribution in [0.3, 0.4) is 0 Å². The van der Waals surface area contributed by atoms with Crippen molar-refractivity contribution in [1.29, 1.82) is 0 Å². The Morgan fingerprint density at radius 1 is 0.727 bits per heavy atom. The highest BCUT2D eigenvalue weighted by Gasteiger charge is 2.23. The quantitative estimate of drug-likeness (QED) is 0.0971. The third-order valence-corrected chi connectivity index (χ3v) is 7.27. The highest BCUT2D eigenvalue weighted by molar-refractivity contribution is 7.47. The first-order valence-electron chi connectivity index (χ1n) is 13.6. The van der Waals surface area contributed by atoms with E-state index in [1.54, 1.807) is 0 Å². The van der Waals surface area contributed by atoms with Gasteiger partial charge >= 0.3 is 7.82 Å². The smallest absolute Gasteiger partial charge is 0.302 e. The lowest BCUT2D eigenvalue weighted by atomic mass is 9.95. The van der Waals surface area contributed by atoms with Crippen LogP contribution < -0.4 is 4.57 Å². The fraction of sp³-hybridized carbons (Fsp3) is 0.815. The van der Waals surface area contributed by atoms with Crippen molar-refractivity contribution < 1.29 is 23.1 Å². The number of phosphoric ester groups is 1. The summed E-state index contributed by atoms with van der Waals surface area (Å²) in [6.07, 6.45) is 24.0. The molecule has 0 saturated carbocycles. The van der Waals surface area contributed by atoms with E-state index in [1.165, 1.54) is 89.9 Å². The number of unbranched alkanes of at least 4 members (excludes halogenated alkanes) is 12. The van der Waals surface area contributed by atoms with Crippen LogP contribution in [0.1, 0.15) is 117 Å². The molecule has 0 radical (unpaired) electrons. The first-order valence-corrected chi connectivity index (χ1v) is 15.1. The van der Waals surface area contributed by atoms with Crippen molar-refractivity contribution in [2.75, 3.05) is 13.2 Å². The normalized spacial score (nSPS) is 14.3. The van der Waals surface area contributed by atoms with E-state index in [0.29, 0.717) is 19.1 Å². The van der Waals surface area contributed by atoms with Gasteiger partial charge in [-0.3, -0.25) is 9.05 Å². The van der Waals surface area contributed by atoms with Crippen molar-refractivity contribution in [3.63, 3.8) is 0 Å². The van der Waals surface area contributed by atoms with Crippen molar-refractivity contribution in [2.24, 2.45) is 5.92 Å². The first kappa shape index (κ1) is 30.3. The Hall–Kier alpha value is -0.740. The van der Waals surface area contributed by atoms with E-state index in [1.807, 2.05) is 35.2 Å². The maximum absolute atomic E-state index is 12.4. The molecule has 0 amide bonds. The van der Waals surface area contributed by atoms with Gasteiger partial charge < -0.3 is 4.89 Å². The van der Waals surface area contributed by atoms with Crippen LogP contribution in [0, 0.1) is 5.92 Å². The molecule has 5 nitrogen and oxygen atoms in total. The molecule has 0 aliphatic heterocycles. The number of hydrogen-bond donors (Lipinski definition) is 1. The van der Waals surface area contributed by atoms with E-state index >= 15 is 0 Å². The molecule has 0 saturated heterocycles. The molecular weight excluding hydrogens is 433 g/mol. The van der Waals surface area contributed by atoms with Crippen LogP contribution in [0.4, 0.5) is 0 Å². The summed E-state index contributed by atoms with van der Waals surface area (Å²) in [7, 11) is -4.01. The molecule has 2 unspecified atom stereocenters. The van der Waals surface area contributed by atoms with Gasteiger partial charge in [-0.2, -0.15) is 0 Å². The second-order valence-corrected chi connectivity index (χ2v) is 10.9. The van der Waals surface area contributed by atoms with Gasteiger partial charge in [0.15, 0.2) is 18.9 Å². The minimum atomic E-state index is -4.01. The van der Waals surface area contributed by atoms with Crippen molar-refractivity contribution in [3.05, 3.63) is 30.6 Å². The van der Waals surface area contributed by atoms with Crippen molar-refractivity contribution >= 4 is 7.82 Å². The monoisotopic (exact) mass is 484 g/mol. The summed E-state index contributed by atoms with van der Waals surface area (Å²) in [5, 5.41) is 0. The SMILES string of the molecule is CCCCCCCCCCC(CCCCCCCC)COP(=O)(O)OCC[n+]1ccccc1. The number of aromatic nitrogens is 1. The Kier molecular flexibility index (Phi) is 18.9. The fourth-order valence-corrected chi connectivity index (χ4v) is 4.96. The van der Waals surface area contributed by atoms with E-state index in [0.717, 1.165) is 12.8 Å². The lowest BCUT2D eigenvalue weighted by Crippen LogP contribution is -2.34. The van der Waals surface area contributed by atoms with Gasteiger partial charge in [-0.05, 0) is 18.8 Å². The minimum Gasteiger partial charge on any atom is -0.302 e. The Morgan fingerprint density at radius 2 is 1.21 bits per heavy atom. The van der Waals surface area contributed by atoms with E-state index < -0.39 is 7.82 Å². The fourth-order valence-electron chi connectivity index (χ4n) is 4.17. The van der Waals surface area contributed by atoms with Crippen LogP contribution in [0.5, 0.6) is 0 Å². The number of phosphoric acid groups is 1. The first-order chi connectivity index (χ1) is 16.1. The molecule has 0 spiro atoms. The molecule has 0 aliphatic carbocycles. The van der Waals surface area contributed by atoms with Crippen LogP contribution in [0.2, 0.25) is 0 Å². The summed E-state index contributed by atoms with van der Waals surface area (Å²) in [4.78, 5) is 10.1. The highest BCUT2D eigenvalue weighted by atomic mass is 31.2. The topological polar surface area (TPSA) is 59.6 Å². The summed E-state index contributed by atoms with van der Waals surface area (Å²) in [5.41, 5.74) is 0. The van der Waals surface area contributed by atoms with E-state index in [2.05, 4.69) is 13.8 Å². The van der Waals surface area contributed by atoms with Gasteiger partial charge in [-0.15, -0.1) is 0 Å². The maximum Gasteiger partial charge on any atom is 0.472 e. The number of nitrogens with zero attached hydrogens (tertiary/aromatic N) is 1. The third kappa shape index (κ3) is 18.3. The molecule has 1 aromatic heterocycles. The zero-order chi connectivity index (χ0) is 24.0. The number of hydrogen-bond acceptors (Lipinski definition) is 3. The predicted molar refractivity (Wildman–Crippen MR) is 137 cm³/mol. The largest absolute Gasteiger partial charge is 0.472 e. The molecule has 33 heavy (non-hydrogen) atoms. The van der Waals surface area contributed by atoms with Crippen LogP contribution in [0.25, 0.3) is 0 Å². The van der Waals surface area contributed by atoms with Gasteiger partial charge in [-0.1, -0.05) is 110 Å². The summed E-state index contributed by atoms with van der Waals surface area (Å²) < 4.78 is 24.9. The van der Waals surface area contributed by atoms with E-state index in [4.69, 9.17) is 9.05 Å². The molecular formula is C27H51NO4P+. The lowest BCUT2D eigenvalue weighted by molar-refractivity contribution is -0.697. The molecule has 192 valence electrons. The summed E-state index contributed by atoms with van der Waals surface area (Å²) in [6.45, 7) is 5.49. The van der Waals surface area contributed by atoms with Gasteiger partial charge in [0.05, 0.1) is 6.61 Å². The number of rotatable bonds is 23. The zero-order valence-corrected chi connectivity index (χ0v) is 22.4. The average Bonchev–Trinajstić information content (AvgIpc) is 2.81. The van der Waals surface area contributed by atoms with Gasteiger partial charge in [-0.25, -0.2) is 9.13 Å². The standard InChI is InChI=1S/C27H50NO4P/c1-3-5-7-9-11-12-14-17-21-27(20-16-13-10-8-6-4-2)26-32-33(29,30)31-25-24-28-22-18-15-19-23-28/h15,18-19,22-23,27H,3-14,16-17,20-21,24-26H2,1-2H3/p+1. The predicted octanol–water partition coefficient (Wildman–Crippen LogP) is 8.01. The molecule has 6 heteroatoms. The van der Waals surface area contributed by atoms with Crippen LogP contribution in [0.15, 0.2) is 30.6 Å². The van der Waals surface area contributed by atoms with Crippen molar-refractivity contribution in [3.8, 4) is 0 Å². The average molecular weight is 485 g/mol. The Bertz CT molecular complexity index is 599. The molecule has 1 N–H and O–H groups in total. The lowest BCUT2D eigenvalue weighted by Gasteiger charge is -2.19. The van der Waals surface area contributed by atoms with E-state index in [9.17, 15) is 9.46 Å². The van der Waals surface area contributed by atoms with Crippen LogP contribution >= 0.6 is 7.82 Å². The van der Waals surface area contributed by atoms with Gasteiger partial charge in [0, 0.05) is 12.1 Å². The molecule has 0 fully saturated rings. The Labute approximate surface area is 203 Å². The molecule has 1 rings (SSSR count). The van der Waals surface area contributed by atoms with Crippen LogP contribution in [-0.2, 0) is 20.2 Å². The molecule has 1 aromatic rings. The van der Waals surface area contributed by atoms with Crippen molar-refractivity contribution in [2.45, 2.75) is 123 Å². The zero-order valence-electron chi connectivity index (χ0n) is 21.5. The summed E-state index contributed by atoms with van der Waals surface area (Å²) in [6, 6.07) is 5.79. The minimum absolute atomic E-state index is 0.155. The van der Waals surface area contributed by atoms with E-state index in [-0.39, 0.29) is 6.61 Å². The second-order valence-electron chi connectivity index (χ2n) is 9.40. The highest BCUT2D eigenvalue weighted by Crippen LogP contribution is 2.44. The second kappa shape index (κ2) is 20.6. The molecule has 1 heterocycles. The van der Waals surface area contributed by atoms with Gasteiger partial charge in [0.2, 0.25) is 0 Å². The summed E-state index contributed by atoms with van der Waals surface area (Å²) >= 11 is 0. The molecule has 0 aliphatic rings. The summed E-state index contributed by atoms with van der Waals surface area (Å²) in [5.74, 6) is 0.337. The van der Waals surface area contributed by atoms with Gasteiger partial charge in [0.25, 0.3) is 0 Å². The maximum atomic E-state index is 12.4. The molecule has 0 bridgehead atoms. The van der Waals surface area contributed by atoms with Crippen molar-refractivity contribution in [1.82, 2.24) is 0 Å². The number of pyridine rings is 1.